The van der Waals surface area contributed by atoms with E-state index in [1.807, 2.05) is 0 Å². The lowest BCUT2D eigenvalue weighted by atomic mass is 10.1. The summed E-state index contributed by atoms with van der Waals surface area (Å²) in [6, 6.07) is 2.66. The molecule has 20 heavy (non-hydrogen) atoms. The van der Waals surface area contributed by atoms with Gasteiger partial charge in [0.25, 0.3) is 0 Å². The highest BCUT2D eigenvalue weighted by Gasteiger charge is 2.27. The third-order valence-electron chi connectivity index (χ3n) is 2.62. The van der Waals surface area contributed by atoms with Gasteiger partial charge in [-0.3, -0.25) is 10.1 Å². The molecule has 2 atom stereocenters. The van der Waals surface area contributed by atoms with Crippen molar-refractivity contribution in [1.82, 2.24) is 0 Å². The van der Waals surface area contributed by atoms with Crippen molar-refractivity contribution in [1.29, 1.82) is 0 Å². The molecule has 1 aromatic carbocycles. The van der Waals surface area contributed by atoms with Gasteiger partial charge in [-0.15, -0.1) is 0 Å². The molecule has 1 unspecified atom stereocenters. The molecule has 1 rings (SSSR count). The number of benzene rings is 1. The molecule has 0 saturated carbocycles. The van der Waals surface area contributed by atoms with Crippen LogP contribution in [-0.4, -0.2) is 27.2 Å². The summed E-state index contributed by atoms with van der Waals surface area (Å²) in [5, 5.41) is 29.7. The number of rotatable bonds is 6. The Balaban J connectivity index is 3.40. The second kappa shape index (κ2) is 6.67. The number of nitrogens with zero attached hydrogens (tertiary/aromatic N) is 1. The van der Waals surface area contributed by atoms with E-state index in [-0.39, 0.29) is 17.7 Å². The van der Waals surface area contributed by atoms with Crippen LogP contribution in [0.5, 0.6) is 5.75 Å². The Kier molecular flexibility index (Phi) is 5.46. The van der Waals surface area contributed by atoms with Gasteiger partial charge < -0.3 is 14.9 Å². The van der Waals surface area contributed by atoms with Crippen LogP contribution in [0.4, 0.5) is 5.69 Å². The zero-order valence-electron chi connectivity index (χ0n) is 10.9. The minimum Gasteiger partial charge on any atom is -0.479 e. The maximum absolute atomic E-state index is 11.1. The van der Waals surface area contributed by atoms with Crippen LogP contribution in [-0.2, 0) is 4.79 Å². The van der Waals surface area contributed by atoms with Crippen LogP contribution in [0.15, 0.2) is 16.6 Å². The molecule has 8 heteroatoms. The molecule has 110 valence electrons. The van der Waals surface area contributed by atoms with Crippen molar-refractivity contribution in [2.75, 3.05) is 0 Å². The largest absolute Gasteiger partial charge is 0.479 e. The number of aliphatic hydroxyl groups excluding tert-OH is 1. The Morgan fingerprint density at radius 1 is 1.55 bits per heavy atom. The van der Waals surface area contributed by atoms with Gasteiger partial charge in [0.15, 0.2) is 6.10 Å². The van der Waals surface area contributed by atoms with Gasteiger partial charge in [-0.25, -0.2) is 4.79 Å². The summed E-state index contributed by atoms with van der Waals surface area (Å²) in [4.78, 5) is 21.4. The highest BCUT2D eigenvalue weighted by molar-refractivity contribution is 9.10. The van der Waals surface area contributed by atoms with Crippen LogP contribution in [0.25, 0.3) is 0 Å². The van der Waals surface area contributed by atoms with Crippen molar-refractivity contribution in [2.24, 2.45) is 0 Å². The summed E-state index contributed by atoms with van der Waals surface area (Å²) in [6.07, 6.45) is -2.11. The maximum Gasteiger partial charge on any atom is 0.344 e. The fourth-order valence-electron chi connectivity index (χ4n) is 1.62. The monoisotopic (exact) mass is 347 g/mol. The summed E-state index contributed by atoms with van der Waals surface area (Å²) in [7, 11) is 0. The molecular formula is C12H14BrNO6. The van der Waals surface area contributed by atoms with Gasteiger partial charge in [-0.2, -0.15) is 0 Å². The second-order valence-corrected chi connectivity index (χ2v) is 5.05. The van der Waals surface area contributed by atoms with E-state index < -0.39 is 28.8 Å². The van der Waals surface area contributed by atoms with Crippen LogP contribution in [0.2, 0.25) is 0 Å². The number of aliphatic carboxylic acids is 1. The maximum atomic E-state index is 11.1. The predicted molar refractivity (Wildman–Crippen MR) is 73.8 cm³/mol. The van der Waals surface area contributed by atoms with E-state index in [4.69, 9.17) is 9.84 Å². The highest BCUT2D eigenvalue weighted by atomic mass is 79.9. The van der Waals surface area contributed by atoms with Crippen LogP contribution in [0.1, 0.15) is 31.9 Å². The van der Waals surface area contributed by atoms with E-state index in [0.29, 0.717) is 4.47 Å². The van der Waals surface area contributed by atoms with Crippen LogP contribution in [0.3, 0.4) is 0 Å². The number of carboxylic acid groups (broad SMARTS) is 1. The van der Waals surface area contributed by atoms with E-state index >= 15 is 0 Å². The van der Waals surface area contributed by atoms with Crippen molar-refractivity contribution >= 4 is 27.6 Å². The van der Waals surface area contributed by atoms with E-state index in [9.17, 15) is 20.0 Å². The Labute approximate surface area is 123 Å². The first-order chi connectivity index (χ1) is 9.27. The van der Waals surface area contributed by atoms with Gasteiger partial charge in [0.1, 0.15) is 0 Å². The summed E-state index contributed by atoms with van der Waals surface area (Å²) in [5.74, 6) is -1.44. The number of halogens is 1. The lowest BCUT2D eigenvalue weighted by Gasteiger charge is -2.18. The molecule has 0 heterocycles. The zero-order valence-corrected chi connectivity index (χ0v) is 12.5. The topological polar surface area (TPSA) is 110 Å². The molecule has 0 aliphatic rings. The second-order valence-electron chi connectivity index (χ2n) is 4.13. The van der Waals surface area contributed by atoms with E-state index in [1.165, 1.54) is 19.1 Å². The van der Waals surface area contributed by atoms with Gasteiger partial charge in [0, 0.05) is 16.1 Å². The lowest BCUT2D eigenvalue weighted by molar-refractivity contribution is -0.386. The first-order valence-corrected chi connectivity index (χ1v) is 6.62. The smallest absolute Gasteiger partial charge is 0.344 e. The molecule has 1 aromatic rings. The number of ether oxygens (including phenoxy) is 1. The van der Waals surface area contributed by atoms with Crippen LogP contribution < -0.4 is 4.74 Å². The van der Waals surface area contributed by atoms with Gasteiger partial charge in [-0.05, 0) is 19.4 Å². The van der Waals surface area contributed by atoms with Crippen LogP contribution in [0, 0.1) is 10.1 Å². The standard InChI is InChI=1S/C12H14BrNO6/c1-3-10(12(16)17)20-11-8(6(2)15)4-7(13)5-9(11)14(18)19/h4-6,10,15H,3H2,1-2H3,(H,16,17)/t6-,10?/m0/s1. The molecule has 2 N–H and O–H groups in total. The van der Waals surface area contributed by atoms with Crippen LogP contribution >= 0.6 is 15.9 Å². The fourth-order valence-corrected chi connectivity index (χ4v) is 2.09. The van der Waals surface area contributed by atoms with Gasteiger partial charge in [0.2, 0.25) is 5.75 Å². The molecule has 0 saturated heterocycles. The average Bonchev–Trinajstić information content (AvgIpc) is 2.35. The molecule has 0 bridgehead atoms. The predicted octanol–water partition coefficient (Wildman–Crippen LogP) is 2.65. The SMILES string of the molecule is CCC(Oc1c([C@H](C)O)cc(Br)cc1[N+](=O)[O-])C(=O)O. The number of carboxylic acids is 1. The number of nitro groups is 1. The highest BCUT2D eigenvalue weighted by Crippen LogP contribution is 2.38. The molecule has 0 aliphatic carbocycles. The first kappa shape index (κ1) is 16.4. The van der Waals surface area contributed by atoms with Crippen molar-refractivity contribution < 1.29 is 24.7 Å². The van der Waals surface area contributed by atoms with Crippen molar-refractivity contribution in [3.05, 3.63) is 32.3 Å². The Bertz CT molecular complexity index is 531. The molecular weight excluding hydrogens is 334 g/mol. The van der Waals surface area contributed by atoms with Crippen molar-refractivity contribution in [2.45, 2.75) is 32.5 Å². The molecule has 0 aliphatic heterocycles. The number of carbonyl (C=O) groups is 1. The fraction of sp³-hybridized carbons (Fsp3) is 0.417. The number of aliphatic hydroxyl groups is 1. The summed E-state index contributed by atoms with van der Waals surface area (Å²) < 4.78 is 5.64. The number of hydrogen-bond acceptors (Lipinski definition) is 5. The number of hydrogen-bond donors (Lipinski definition) is 2. The quantitative estimate of drug-likeness (QED) is 0.604. The zero-order chi connectivity index (χ0) is 15.4. The first-order valence-electron chi connectivity index (χ1n) is 5.83. The molecule has 0 radical (unpaired) electrons. The molecule has 0 aromatic heterocycles. The van der Waals surface area contributed by atoms with Crippen molar-refractivity contribution in [3.63, 3.8) is 0 Å². The van der Waals surface area contributed by atoms with Gasteiger partial charge in [0.05, 0.1) is 11.0 Å². The van der Waals surface area contributed by atoms with E-state index in [2.05, 4.69) is 15.9 Å². The third-order valence-corrected chi connectivity index (χ3v) is 3.07. The third kappa shape index (κ3) is 3.67. The minimum atomic E-state index is -1.22. The van der Waals surface area contributed by atoms with E-state index in [1.54, 1.807) is 6.92 Å². The summed E-state index contributed by atoms with van der Waals surface area (Å²) in [5.41, 5.74) is -0.235. The molecule has 0 fully saturated rings. The normalized spacial score (nSPS) is 13.6. The lowest BCUT2D eigenvalue weighted by Crippen LogP contribution is -2.27. The number of nitro benzene ring substituents is 1. The van der Waals surface area contributed by atoms with Crippen molar-refractivity contribution in [3.8, 4) is 5.75 Å². The Hall–Kier alpha value is -1.67. The average molecular weight is 348 g/mol. The molecule has 7 nitrogen and oxygen atoms in total. The molecule has 0 spiro atoms. The van der Waals surface area contributed by atoms with Gasteiger partial charge in [-0.1, -0.05) is 22.9 Å². The Morgan fingerprint density at radius 3 is 2.55 bits per heavy atom. The summed E-state index contributed by atoms with van der Waals surface area (Å²) in [6.45, 7) is 3.01. The van der Waals surface area contributed by atoms with Gasteiger partial charge >= 0.3 is 11.7 Å². The summed E-state index contributed by atoms with van der Waals surface area (Å²) >= 11 is 3.11. The molecule has 0 amide bonds. The van der Waals surface area contributed by atoms with E-state index in [0.717, 1.165) is 0 Å². The Morgan fingerprint density at radius 2 is 2.15 bits per heavy atom. The minimum absolute atomic E-state index is 0.141.